The first-order chi connectivity index (χ1) is 12.0. The number of amides is 3. The van der Waals surface area contributed by atoms with Crippen LogP contribution in [0.1, 0.15) is 30.9 Å². The first-order valence-electron chi connectivity index (χ1n) is 7.99. The fourth-order valence-electron chi connectivity index (χ4n) is 2.36. The van der Waals surface area contributed by atoms with Gasteiger partial charge in [-0.25, -0.2) is 0 Å². The molecule has 0 saturated carbocycles. The van der Waals surface area contributed by atoms with Crippen LogP contribution in [0.25, 0.3) is 0 Å². The SMILES string of the molecule is CC(C)NC(=O)C(=O)NNC(=O)C(c1ccccc1)c1ccccc1. The molecule has 6 nitrogen and oxygen atoms in total. The Labute approximate surface area is 146 Å². The van der Waals surface area contributed by atoms with Gasteiger partial charge in [-0.1, -0.05) is 60.7 Å². The third-order valence-electron chi connectivity index (χ3n) is 3.45. The largest absolute Gasteiger partial charge is 0.346 e. The fraction of sp³-hybridized carbons (Fsp3) is 0.211. The Hall–Kier alpha value is -3.15. The van der Waals surface area contributed by atoms with Gasteiger partial charge in [0, 0.05) is 6.04 Å². The van der Waals surface area contributed by atoms with E-state index in [2.05, 4.69) is 16.2 Å². The number of nitrogens with one attached hydrogen (secondary N) is 3. The minimum Gasteiger partial charge on any atom is -0.346 e. The lowest BCUT2D eigenvalue weighted by Crippen LogP contribution is -2.50. The smallest absolute Gasteiger partial charge is 0.327 e. The minimum absolute atomic E-state index is 0.171. The lowest BCUT2D eigenvalue weighted by molar-refractivity contribution is -0.141. The zero-order chi connectivity index (χ0) is 18.2. The maximum atomic E-state index is 12.6. The summed E-state index contributed by atoms with van der Waals surface area (Å²) >= 11 is 0. The van der Waals surface area contributed by atoms with Crippen molar-refractivity contribution < 1.29 is 14.4 Å². The average molecular weight is 339 g/mol. The second-order valence-electron chi connectivity index (χ2n) is 5.83. The van der Waals surface area contributed by atoms with Crippen molar-refractivity contribution in [2.45, 2.75) is 25.8 Å². The van der Waals surface area contributed by atoms with Gasteiger partial charge in [-0.05, 0) is 25.0 Å². The monoisotopic (exact) mass is 339 g/mol. The molecule has 0 aromatic heterocycles. The van der Waals surface area contributed by atoms with E-state index in [1.807, 2.05) is 60.7 Å². The van der Waals surface area contributed by atoms with E-state index in [0.29, 0.717) is 0 Å². The Morgan fingerprint density at radius 1 is 0.720 bits per heavy atom. The lowest BCUT2D eigenvalue weighted by atomic mass is 9.91. The van der Waals surface area contributed by atoms with Crippen LogP contribution >= 0.6 is 0 Å². The molecule has 0 spiro atoms. The molecular formula is C19H21N3O3. The van der Waals surface area contributed by atoms with Crippen LogP contribution < -0.4 is 16.2 Å². The van der Waals surface area contributed by atoms with Crippen LogP contribution in [0, 0.1) is 0 Å². The van der Waals surface area contributed by atoms with Crippen molar-refractivity contribution in [3.05, 3.63) is 71.8 Å². The summed E-state index contributed by atoms with van der Waals surface area (Å²) in [7, 11) is 0. The Bertz CT molecular complexity index is 691. The van der Waals surface area contributed by atoms with Gasteiger partial charge in [0.15, 0.2) is 0 Å². The van der Waals surface area contributed by atoms with Gasteiger partial charge < -0.3 is 5.32 Å². The fourth-order valence-corrected chi connectivity index (χ4v) is 2.36. The molecule has 0 heterocycles. The van der Waals surface area contributed by atoms with Gasteiger partial charge in [-0.2, -0.15) is 0 Å². The summed E-state index contributed by atoms with van der Waals surface area (Å²) in [6, 6.07) is 18.3. The second-order valence-corrected chi connectivity index (χ2v) is 5.83. The third-order valence-corrected chi connectivity index (χ3v) is 3.45. The normalized spacial score (nSPS) is 10.4. The molecule has 0 fully saturated rings. The molecule has 0 aliphatic rings. The molecule has 0 bridgehead atoms. The van der Waals surface area contributed by atoms with E-state index >= 15 is 0 Å². The predicted molar refractivity (Wildman–Crippen MR) is 94.3 cm³/mol. The number of carbonyl (C=O) groups excluding carboxylic acids is 3. The lowest BCUT2D eigenvalue weighted by Gasteiger charge is -2.18. The van der Waals surface area contributed by atoms with Crippen molar-refractivity contribution in [3.63, 3.8) is 0 Å². The number of rotatable bonds is 4. The van der Waals surface area contributed by atoms with Gasteiger partial charge in [0.1, 0.15) is 0 Å². The van der Waals surface area contributed by atoms with E-state index in [4.69, 9.17) is 0 Å². The molecule has 0 radical (unpaired) electrons. The van der Waals surface area contributed by atoms with E-state index in [1.165, 1.54) is 0 Å². The summed E-state index contributed by atoms with van der Waals surface area (Å²) in [6.45, 7) is 3.48. The van der Waals surface area contributed by atoms with Crippen molar-refractivity contribution >= 4 is 17.7 Å². The highest BCUT2D eigenvalue weighted by atomic mass is 16.2. The number of carbonyl (C=O) groups is 3. The summed E-state index contributed by atoms with van der Waals surface area (Å²) in [5.41, 5.74) is 6.06. The van der Waals surface area contributed by atoms with Crippen molar-refractivity contribution in [1.82, 2.24) is 16.2 Å². The molecule has 2 aromatic rings. The third kappa shape index (κ3) is 5.17. The van der Waals surface area contributed by atoms with E-state index in [1.54, 1.807) is 13.8 Å². The molecular weight excluding hydrogens is 318 g/mol. The van der Waals surface area contributed by atoms with E-state index < -0.39 is 23.6 Å². The summed E-state index contributed by atoms with van der Waals surface area (Å²) in [5, 5.41) is 2.46. The Balaban J connectivity index is 2.12. The van der Waals surface area contributed by atoms with Crippen LogP contribution in [0.5, 0.6) is 0 Å². The zero-order valence-electron chi connectivity index (χ0n) is 14.2. The van der Waals surface area contributed by atoms with Crippen LogP contribution in [0.15, 0.2) is 60.7 Å². The molecule has 0 atom stereocenters. The van der Waals surface area contributed by atoms with Gasteiger partial charge in [0.25, 0.3) is 0 Å². The average Bonchev–Trinajstić information content (AvgIpc) is 2.61. The summed E-state index contributed by atoms with van der Waals surface area (Å²) < 4.78 is 0. The van der Waals surface area contributed by atoms with Crippen LogP contribution in [-0.2, 0) is 14.4 Å². The minimum atomic E-state index is -0.915. The Morgan fingerprint density at radius 3 is 1.64 bits per heavy atom. The maximum Gasteiger partial charge on any atom is 0.327 e. The van der Waals surface area contributed by atoms with Gasteiger partial charge in [-0.3, -0.25) is 25.2 Å². The van der Waals surface area contributed by atoms with Crippen molar-refractivity contribution in [2.24, 2.45) is 0 Å². The van der Waals surface area contributed by atoms with Crippen LogP contribution in [0.4, 0.5) is 0 Å². The van der Waals surface area contributed by atoms with Gasteiger partial charge in [-0.15, -0.1) is 0 Å². The highest BCUT2D eigenvalue weighted by Crippen LogP contribution is 2.24. The zero-order valence-corrected chi connectivity index (χ0v) is 14.2. The highest BCUT2D eigenvalue weighted by Gasteiger charge is 2.24. The molecule has 0 aliphatic carbocycles. The van der Waals surface area contributed by atoms with E-state index in [-0.39, 0.29) is 6.04 Å². The molecule has 3 N–H and O–H groups in total. The summed E-state index contributed by atoms with van der Waals surface area (Å²) in [4.78, 5) is 36.0. The second kappa shape index (κ2) is 8.63. The summed E-state index contributed by atoms with van der Waals surface area (Å²) in [5.74, 6) is -2.74. The first-order valence-corrected chi connectivity index (χ1v) is 7.99. The van der Waals surface area contributed by atoms with Gasteiger partial charge in [0.2, 0.25) is 5.91 Å². The maximum absolute atomic E-state index is 12.6. The van der Waals surface area contributed by atoms with Crippen LogP contribution in [-0.4, -0.2) is 23.8 Å². The standard InChI is InChI=1S/C19H21N3O3/c1-13(2)20-18(24)19(25)22-21-17(23)16(14-9-5-3-6-10-14)15-11-7-4-8-12-15/h3-13,16H,1-2H3,(H,20,24)(H,21,23)(H,22,25). The Kier molecular flexibility index (Phi) is 6.28. The van der Waals surface area contributed by atoms with Crippen LogP contribution in [0.3, 0.4) is 0 Å². The summed E-state index contributed by atoms with van der Waals surface area (Å²) in [6.07, 6.45) is 0. The molecule has 2 aromatic carbocycles. The molecule has 130 valence electrons. The van der Waals surface area contributed by atoms with Gasteiger partial charge >= 0.3 is 11.8 Å². The molecule has 0 aliphatic heterocycles. The van der Waals surface area contributed by atoms with Gasteiger partial charge in [0.05, 0.1) is 5.92 Å². The number of hydrazine groups is 1. The highest BCUT2D eigenvalue weighted by molar-refractivity contribution is 6.35. The van der Waals surface area contributed by atoms with Crippen molar-refractivity contribution in [1.29, 1.82) is 0 Å². The molecule has 0 unspecified atom stereocenters. The molecule has 6 heteroatoms. The van der Waals surface area contributed by atoms with E-state index in [0.717, 1.165) is 11.1 Å². The van der Waals surface area contributed by atoms with Crippen molar-refractivity contribution in [2.75, 3.05) is 0 Å². The van der Waals surface area contributed by atoms with Crippen LogP contribution in [0.2, 0.25) is 0 Å². The molecule has 2 rings (SSSR count). The number of hydrogen-bond donors (Lipinski definition) is 3. The first kappa shape index (κ1) is 18.2. The van der Waals surface area contributed by atoms with Crippen molar-refractivity contribution in [3.8, 4) is 0 Å². The number of hydrogen-bond acceptors (Lipinski definition) is 3. The Morgan fingerprint density at radius 2 is 1.20 bits per heavy atom. The topological polar surface area (TPSA) is 87.3 Å². The predicted octanol–water partition coefficient (Wildman–Crippen LogP) is 1.49. The molecule has 0 saturated heterocycles. The molecule has 3 amide bonds. The quantitative estimate of drug-likeness (QED) is 0.583. The molecule has 25 heavy (non-hydrogen) atoms. The van der Waals surface area contributed by atoms with E-state index in [9.17, 15) is 14.4 Å². The number of benzene rings is 2.